The van der Waals surface area contributed by atoms with Crippen LogP contribution in [-0.2, 0) is 11.3 Å². The maximum absolute atomic E-state index is 11.6. The molecule has 1 aromatic rings. The fourth-order valence-corrected chi connectivity index (χ4v) is 4.04. The van der Waals surface area contributed by atoms with E-state index in [4.69, 9.17) is 0 Å². The number of hydrogen-bond donors (Lipinski definition) is 1. The third-order valence-corrected chi connectivity index (χ3v) is 4.99. The Labute approximate surface area is 119 Å². The summed E-state index contributed by atoms with van der Waals surface area (Å²) in [6.45, 7) is 2.43. The predicted octanol–water partition coefficient (Wildman–Crippen LogP) is 2.55. The van der Waals surface area contributed by atoms with Crippen molar-refractivity contribution in [3.05, 3.63) is 30.1 Å². The van der Waals surface area contributed by atoms with Gasteiger partial charge in [0.05, 0.1) is 5.92 Å². The second-order valence-corrected chi connectivity index (χ2v) is 6.34. The molecule has 1 aliphatic heterocycles. The molecule has 3 rings (SSSR count). The molecule has 0 amide bonds. The van der Waals surface area contributed by atoms with Crippen molar-refractivity contribution in [2.24, 2.45) is 11.3 Å². The zero-order valence-corrected chi connectivity index (χ0v) is 11.8. The summed E-state index contributed by atoms with van der Waals surface area (Å²) in [5.41, 5.74) is 1.19. The minimum Gasteiger partial charge on any atom is -0.481 e. The number of aromatic nitrogens is 1. The van der Waals surface area contributed by atoms with E-state index >= 15 is 0 Å². The second kappa shape index (κ2) is 5.52. The molecule has 1 saturated carbocycles. The van der Waals surface area contributed by atoms with Crippen LogP contribution in [0.1, 0.15) is 37.7 Å². The maximum atomic E-state index is 11.6. The highest BCUT2D eigenvalue weighted by Crippen LogP contribution is 2.47. The number of carbonyl (C=O) groups is 1. The lowest BCUT2D eigenvalue weighted by molar-refractivity contribution is -0.145. The largest absolute Gasteiger partial charge is 0.481 e. The summed E-state index contributed by atoms with van der Waals surface area (Å²) in [6.07, 6.45) is 9.44. The van der Waals surface area contributed by atoms with E-state index in [-0.39, 0.29) is 11.3 Å². The normalized spacial score (nSPS) is 25.9. The van der Waals surface area contributed by atoms with Crippen LogP contribution in [0.2, 0.25) is 0 Å². The van der Waals surface area contributed by atoms with Crippen molar-refractivity contribution in [1.29, 1.82) is 0 Å². The standard InChI is InChI=1S/C16H22N2O2/c19-15(20)14-11-18(10-13-5-4-8-17-9-13)12-16(14)6-2-1-3-7-16/h4-5,8-9,14H,1-3,6-7,10-12H2,(H,19,20)/t14-/m1/s1. The van der Waals surface area contributed by atoms with Crippen LogP contribution in [0.4, 0.5) is 0 Å². The molecule has 1 N–H and O–H groups in total. The van der Waals surface area contributed by atoms with Gasteiger partial charge in [-0.15, -0.1) is 0 Å². The van der Waals surface area contributed by atoms with Gasteiger partial charge < -0.3 is 5.11 Å². The first-order valence-electron chi connectivity index (χ1n) is 7.54. The van der Waals surface area contributed by atoms with Crippen LogP contribution >= 0.6 is 0 Å². The van der Waals surface area contributed by atoms with E-state index in [9.17, 15) is 9.90 Å². The van der Waals surface area contributed by atoms with Gasteiger partial charge in [-0.05, 0) is 29.9 Å². The number of pyridine rings is 1. The fraction of sp³-hybridized carbons (Fsp3) is 0.625. The molecule has 1 atom stereocenters. The minimum absolute atomic E-state index is 0.0201. The van der Waals surface area contributed by atoms with Crippen molar-refractivity contribution in [3.63, 3.8) is 0 Å². The van der Waals surface area contributed by atoms with Gasteiger partial charge in [-0.1, -0.05) is 25.3 Å². The summed E-state index contributed by atoms with van der Waals surface area (Å²) in [7, 11) is 0. The minimum atomic E-state index is -0.611. The third kappa shape index (κ3) is 2.57. The third-order valence-electron chi connectivity index (χ3n) is 4.99. The Morgan fingerprint density at radius 1 is 1.40 bits per heavy atom. The van der Waals surface area contributed by atoms with Crippen molar-refractivity contribution in [3.8, 4) is 0 Å². The zero-order chi connectivity index (χ0) is 14.0. The van der Waals surface area contributed by atoms with Crippen LogP contribution in [0.5, 0.6) is 0 Å². The molecule has 0 radical (unpaired) electrons. The molecule has 2 fully saturated rings. The molecule has 20 heavy (non-hydrogen) atoms. The van der Waals surface area contributed by atoms with Crippen LogP contribution in [0.25, 0.3) is 0 Å². The van der Waals surface area contributed by atoms with Gasteiger partial charge in [0.2, 0.25) is 0 Å². The Kier molecular flexibility index (Phi) is 3.74. The average Bonchev–Trinajstić information content (AvgIpc) is 2.79. The fourth-order valence-electron chi connectivity index (χ4n) is 4.04. The van der Waals surface area contributed by atoms with Gasteiger partial charge in [0.15, 0.2) is 0 Å². The van der Waals surface area contributed by atoms with E-state index in [0.717, 1.165) is 25.9 Å². The number of nitrogens with zero attached hydrogens (tertiary/aromatic N) is 2. The second-order valence-electron chi connectivity index (χ2n) is 6.34. The molecule has 0 unspecified atom stereocenters. The molecular formula is C16H22N2O2. The summed E-state index contributed by atoms with van der Waals surface area (Å²) in [4.78, 5) is 18.1. The van der Waals surface area contributed by atoms with E-state index in [1.165, 1.54) is 24.8 Å². The highest BCUT2D eigenvalue weighted by molar-refractivity contribution is 5.72. The number of aliphatic carboxylic acids is 1. The van der Waals surface area contributed by atoms with Crippen molar-refractivity contribution in [2.75, 3.05) is 13.1 Å². The molecule has 1 aromatic heterocycles. The maximum Gasteiger partial charge on any atom is 0.308 e. The molecule has 1 saturated heterocycles. The van der Waals surface area contributed by atoms with Gasteiger partial charge in [-0.25, -0.2) is 0 Å². The van der Waals surface area contributed by atoms with Crippen molar-refractivity contribution in [2.45, 2.75) is 38.6 Å². The van der Waals surface area contributed by atoms with Crippen molar-refractivity contribution < 1.29 is 9.90 Å². The molecule has 2 aliphatic rings. The van der Waals surface area contributed by atoms with Gasteiger partial charge in [0.25, 0.3) is 0 Å². The van der Waals surface area contributed by atoms with Crippen molar-refractivity contribution in [1.82, 2.24) is 9.88 Å². The van der Waals surface area contributed by atoms with E-state index < -0.39 is 5.97 Å². The topological polar surface area (TPSA) is 53.4 Å². The van der Waals surface area contributed by atoms with Gasteiger partial charge in [0, 0.05) is 32.0 Å². The first-order chi connectivity index (χ1) is 9.70. The number of likely N-dealkylation sites (tertiary alicyclic amines) is 1. The molecule has 0 aromatic carbocycles. The van der Waals surface area contributed by atoms with E-state index in [1.807, 2.05) is 12.3 Å². The predicted molar refractivity (Wildman–Crippen MR) is 76.2 cm³/mol. The van der Waals surface area contributed by atoms with Crippen molar-refractivity contribution >= 4 is 5.97 Å². The van der Waals surface area contributed by atoms with Crippen LogP contribution in [-0.4, -0.2) is 34.0 Å². The van der Waals surface area contributed by atoms with E-state index in [0.29, 0.717) is 6.54 Å². The highest BCUT2D eigenvalue weighted by Gasteiger charge is 2.50. The Balaban J connectivity index is 1.74. The molecule has 2 heterocycles. The molecular weight excluding hydrogens is 252 g/mol. The smallest absolute Gasteiger partial charge is 0.308 e. The van der Waals surface area contributed by atoms with Crippen LogP contribution < -0.4 is 0 Å². The van der Waals surface area contributed by atoms with Gasteiger partial charge in [0.1, 0.15) is 0 Å². The van der Waals surface area contributed by atoms with Crippen LogP contribution in [0.3, 0.4) is 0 Å². The summed E-state index contributed by atoms with van der Waals surface area (Å²) in [6, 6.07) is 4.01. The Morgan fingerprint density at radius 2 is 2.20 bits per heavy atom. The SMILES string of the molecule is O=C(O)[C@H]1CN(Cc2cccnc2)CC12CCCCC2. The lowest BCUT2D eigenvalue weighted by Crippen LogP contribution is -2.36. The first kappa shape index (κ1) is 13.6. The lowest BCUT2D eigenvalue weighted by Gasteiger charge is -2.36. The summed E-state index contributed by atoms with van der Waals surface area (Å²) in [5.74, 6) is -0.806. The molecule has 1 spiro atoms. The Bertz CT molecular complexity index is 469. The van der Waals surface area contributed by atoms with Gasteiger partial charge in [-0.2, -0.15) is 0 Å². The average molecular weight is 274 g/mol. The van der Waals surface area contributed by atoms with Crippen LogP contribution in [0.15, 0.2) is 24.5 Å². The first-order valence-corrected chi connectivity index (χ1v) is 7.54. The molecule has 4 heteroatoms. The summed E-state index contributed by atoms with van der Waals surface area (Å²) in [5, 5.41) is 9.58. The molecule has 4 nitrogen and oxygen atoms in total. The molecule has 108 valence electrons. The van der Waals surface area contributed by atoms with Gasteiger partial charge in [-0.3, -0.25) is 14.7 Å². The number of carboxylic acid groups (broad SMARTS) is 1. The zero-order valence-electron chi connectivity index (χ0n) is 11.8. The Hall–Kier alpha value is -1.42. The number of carboxylic acids is 1. The van der Waals surface area contributed by atoms with E-state index in [2.05, 4.69) is 16.0 Å². The number of hydrogen-bond acceptors (Lipinski definition) is 3. The van der Waals surface area contributed by atoms with Crippen LogP contribution in [0, 0.1) is 11.3 Å². The molecule has 0 bridgehead atoms. The van der Waals surface area contributed by atoms with Gasteiger partial charge >= 0.3 is 5.97 Å². The highest BCUT2D eigenvalue weighted by atomic mass is 16.4. The summed E-state index contributed by atoms with van der Waals surface area (Å²) >= 11 is 0. The lowest BCUT2D eigenvalue weighted by atomic mass is 9.68. The monoisotopic (exact) mass is 274 g/mol. The quantitative estimate of drug-likeness (QED) is 0.920. The summed E-state index contributed by atoms with van der Waals surface area (Å²) < 4.78 is 0. The van der Waals surface area contributed by atoms with E-state index in [1.54, 1.807) is 6.20 Å². The molecule has 1 aliphatic carbocycles. The number of rotatable bonds is 3. The Morgan fingerprint density at radius 3 is 2.85 bits per heavy atom.